The molecule has 7 nitrogen and oxygen atoms in total. The van der Waals surface area contributed by atoms with Gasteiger partial charge in [0.15, 0.2) is 5.82 Å². The standard InChI is InChI=1S/C28H21ClFN3O4/c29-22-11-8-20(16-31)25(26(22)30)19-12-13-33(24(34)15-19)23(14-17-4-2-1-3-5-17)27(35)32-21-9-6-18(7-10-21)28(36)37/h1-11,15,23H,12-14H2,(H,32,35)(H,36,37). The Bertz CT molecular complexity index is 1430. The highest BCUT2D eigenvalue weighted by atomic mass is 35.5. The minimum atomic E-state index is -1.09. The lowest BCUT2D eigenvalue weighted by molar-refractivity contribution is -0.135. The Balaban J connectivity index is 1.63. The molecule has 0 saturated carbocycles. The molecule has 0 fully saturated rings. The molecule has 186 valence electrons. The van der Waals surface area contributed by atoms with E-state index in [-0.39, 0.29) is 41.1 Å². The number of carboxylic acids is 1. The zero-order valence-electron chi connectivity index (χ0n) is 19.4. The van der Waals surface area contributed by atoms with Gasteiger partial charge in [0.1, 0.15) is 6.04 Å². The Hall–Kier alpha value is -4.48. The quantitative estimate of drug-likeness (QED) is 0.462. The molecular weight excluding hydrogens is 497 g/mol. The molecule has 3 aromatic carbocycles. The van der Waals surface area contributed by atoms with Crippen LogP contribution in [-0.2, 0) is 16.0 Å². The van der Waals surface area contributed by atoms with E-state index in [0.29, 0.717) is 11.3 Å². The van der Waals surface area contributed by atoms with Crippen molar-refractivity contribution < 1.29 is 23.9 Å². The first-order valence-corrected chi connectivity index (χ1v) is 11.7. The molecule has 0 aromatic heterocycles. The highest BCUT2D eigenvalue weighted by molar-refractivity contribution is 6.31. The van der Waals surface area contributed by atoms with Gasteiger partial charge < -0.3 is 15.3 Å². The van der Waals surface area contributed by atoms with Crippen LogP contribution < -0.4 is 5.32 Å². The molecule has 4 rings (SSSR count). The van der Waals surface area contributed by atoms with E-state index in [1.165, 1.54) is 47.4 Å². The zero-order valence-corrected chi connectivity index (χ0v) is 20.2. The summed E-state index contributed by atoms with van der Waals surface area (Å²) in [7, 11) is 0. The van der Waals surface area contributed by atoms with Crippen LogP contribution in [0.4, 0.5) is 10.1 Å². The van der Waals surface area contributed by atoms with Crippen LogP contribution in [0.1, 0.15) is 33.5 Å². The van der Waals surface area contributed by atoms with E-state index in [9.17, 15) is 24.0 Å². The van der Waals surface area contributed by atoms with E-state index in [2.05, 4.69) is 5.32 Å². The number of rotatable bonds is 7. The maximum atomic E-state index is 14.8. The molecule has 37 heavy (non-hydrogen) atoms. The number of carboxylic acid groups (broad SMARTS) is 1. The van der Waals surface area contributed by atoms with Crippen molar-refractivity contribution in [3.05, 3.63) is 106 Å². The predicted octanol–water partition coefficient (Wildman–Crippen LogP) is 4.91. The zero-order chi connectivity index (χ0) is 26.5. The van der Waals surface area contributed by atoms with Gasteiger partial charge in [-0.05, 0) is 54.0 Å². The van der Waals surface area contributed by atoms with E-state index in [1.807, 2.05) is 36.4 Å². The first-order valence-electron chi connectivity index (χ1n) is 11.4. The second-order valence-electron chi connectivity index (χ2n) is 8.42. The molecule has 2 N–H and O–H groups in total. The summed E-state index contributed by atoms with van der Waals surface area (Å²) in [6.07, 6.45) is 1.68. The van der Waals surface area contributed by atoms with E-state index in [4.69, 9.17) is 16.7 Å². The van der Waals surface area contributed by atoms with Gasteiger partial charge in [0.05, 0.1) is 22.2 Å². The molecule has 1 aliphatic rings. The molecule has 1 unspecified atom stereocenters. The first kappa shape index (κ1) is 25.6. The molecule has 0 saturated heterocycles. The minimum absolute atomic E-state index is 0.00872. The van der Waals surface area contributed by atoms with Gasteiger partial charge in [0.25, 0.3) is 0 Å². The predicted molar refractivity (Wildman–Crippen MR) is 136 cm³/mol. The Labute approximate surface area is 217 Å². The topological polar surface area (TPSA) is 111 Å². The molecule has 0 aliphatic carbocycles. The molecule has 3 aromatic rings. The highest BCUT2D eigenvalue weighted by Crippen LogP contribution is 2.32. The molecule has 1 heterocycles. The van der Waals surface area contributed by atoms with Gasteiger partial charge in [0, 0.05) is 30.3 Å². The van der Waals surface area contributed by atoms with Crippen molar-refractivity contribution in [2.45, 2.75) is 18.9 Å². The van der Waals surface area contributed by atoms with Gasteiger partial charge in [-0.25, -0.2) is 9.18 Å². The molecule has 1 aliphatic heterocycles. The summed E-state index contributed by atoms with van der Waals surface area (Å²) in [6, 6.07) is 18.6. The molecular formula is C28H21ClFN3O4. The summed E-state index contributed by atoms with van der Waals surface area (Å²) in [4.78, 5) is 39.1. The smallest absolute Gasteiger partial charge is 0.335 e. The summed E-state index contributed by atoms with van der Waals surface area (Å²) < 4.78 is 14.8. The molecule has 2 amide bonds. The number of hydrogen-bond acceptors (Lipinski definition) is 4. The summed E-state index contributed by atoms with van der Waals surface area (Å²) in [5.41, 5.74) is 1.68. The molecule has 1 atom stereocenters. The van der Waals surface area contributed by atoms with Crippen LogP contribution in [0.25, 0.3) is 5.57 Å². The average Bonchev–Trinajstić information content (AvgIpc) is 2.90. The number of anilines is 1. The number of carbonyl (C=O) groups excluding carboxylic acids is 2. The van der Waals surface area contributed by atoms with Crippen LogP contribution in [-0.4, -0.2) is 40.4 Å². The van der Waals surface area contributed by atoms with Crippen molar-refractivity contribution in [2.24, 2.45) is 0 Å². The number of carbonyl (C=O) groups is 3. The van der Waals surface area contributed by atoms with Crippen molar-refractivity contribution in [3.8, 4) is 6.07 Å². The van der Waals surface area contributed by atoms with Crippen LogP contribution in [0.3, 0.4) is 0 Å². The van der Waals surface area contributed by atoms with Gasteiger partial charge in [-0.2, -0.15) is 5.26 Å². The van der Waals surface area contributed by atoms with Crippen molar-refractivity contribution in [3.63, 3.8) is 0 Å². The summed E-state index contributed by atoms with van der Waals surface area (Å²) >= 11 is 5.92. The second-order valence-corrected chi connectivity index (χ2v) is 8.83. The third-order valence-corrected chi connectivity index (χ3v) is 6.38. The van der Waals surface area contributed by atoms with Gasteiger partial charge in [-0.1, -0.05) is 41.9 Å². The van der Waals surface area contributed by atoms with Crippen molar-refractivity contribution in [2.75, 3.05) is 11.9 Å². The Kier molecular flexibility index (Phi) is 7.66. The number of hydrogen-bond donors (Lipinski definition) is 2. The second kappa shape index (κ2) is 11.1. The SMILES string of the molecule is N#Cc1ccc(Cl)c(F)c1C1=CC(=O)N(C(Cc2ccccc2)C(=O)Nc2ccc(C(=O)O)cc2)CC1. The summed E-state index contributed by atoms with van der Waals surface area (Å²) in [5.74, 6) is -2.81. The van der Waals surface area contributed by atoms with Crippen LogP contribution in [0, 0.1) is 17.1 Å². The minimum Gasteiger partial charge on any atom is -0.478 e. The number of nitriles is 1. The fraction of sp³-hybridized carbons (Fsp3) is 0.143. The summed E-state index contributed by atoms with van der Waals surface area (Å²) in [5, 5.41) is 21.1. The maximum Gasteiger partial charge on any atom is 0.335 e. The molecule has 0 radical (unpaired) electrons. The number of aromatic carboxylic acids is 1. The lowest BCUT2D eigenvalue weighted by atomic mass is 9.93. The number of amides is 2. The summed E-state index contributed by atoms with van der Waals surface area (Å²) in [6.45, 7) is 0.115. The Morgan fingerprint density at radius 1 is 1.11 bits per heavy atom. The van der Waals surface area contributed by atoms with Gasteiger partial charge >= 0.3 is 5.97 Å². The fourth-order valence-electron chi connectivity index (χ4n) is 4.22. The fourth-order valence-corrected chi connectivity index (χ4v) is 4.38. The highest BCUT2D eigenvalue weighted by Gasteiger charge is 2.33. The van der Waals surface area contributed by atoms with Crippen LogP contribution in [0.5, 0.6) is 0 Å². The van der Waals surface area contributed by atoms with Crippen molar-refractivity contribution in [1.82, 2.24) is 4.90 Å². The molecule has 0 spiro atoms. The van der Waals surface area contributed by atoms with Crippen molar-refractivity contribution in [1.29, 1.82) is 5.26 Å². The van der Waals surface area contributed by atoms with Crippen LogP contribution >= 0.6 is 11.6 Å². The number of nitrogens with one attached hydrogen (secondary N) is 1. The van der Waals surface area contributed by atoms with E-state index in [0.717, 1.165) is 5.56 Å². The monoisotopic (exact) mass is 517 g/mol. The third-order valence-electron chi connectivity index (χ3n) is 6.09. The Morgan fingerprint density at radius 3 is 2.43 bits per heavy atom. The largest absolute Gasteiger partial charge is 0.478 e. The van der Waals surface area contributed by atoms with Gasteiger partial charge in [0.2, 0.25) is 11.8 Å². The van der Waals surface area contributed by atoms with E-state index >= 15 is 0 Å². The van der Waals surface area contributed by atoms with E-state index < -0.39 is 29.6 Å². The normalized spacial score (nSPS) is 13.9. The molecule has 0 bridgehead atoms. The lowest BCUT2D eigenvalue weighted by Gasteiger charge is -2.33. The van der Waals surface area contributed by atoms with Crippen LogP contribution in [0.2, 0.25) is 5.02 Å². The van der Waals surface area contributed by atoms with E-state index in [1.54, 1.807) is 0 Å². The van der Waals surface area contributed by atoms with Gasteiger partial charge in [-0.3, -0.25) is 9.59 Å². The lowest BCUT2D eigenvalue weighted by Crippen LogP contribution is -2.49. The average molecular weight is 518 g/mol. The number of benzene rings is 3. The number of nitrogens with zero attached hydrogens (tertiary/aromatic N) is 2. The maximum absolute atomic E-state index is 14.8. The molecule has 9 heteroatoms. The Morgan fingerprint density at radius 2 is 1.81 bits per heavy atom. The van der Waals surface area contributed by atoms with Crippen molar-refractivity contribution >= 4 is 40.6 Å². The number of halogens is 2. The van der Waals surface area contributed by atoms with Crippen LogP contribution in [0.15, 0.2) is 72.8 Å². The third kappa shape index (κ3) is 5.68. The van der Waals surface area contributed by atoms with Gasteiger partial charge in [-0.15, -0.1) is 0 Å². The first-order chi connectivity index (χ1) is 17.8.